The van der Waals surface area contributed by atoms with Crippen molar-refractivity contribution >= 4 is 43.4 Å². The number of hydrogen-bond acceptors (Lipinski definition) is 8. The molecule has 0 bridgehead atoms. The summed E-state index contributed by atoms with van der Waals surface area (Å²) in [6.07, 6.45) is 0. The van der Waals surface area contributed by atoms with Crippen molar-refractivity contribution in [3.05, 3.63) is 48.5 Å². The minimum Gasteiger partial charge on any atom is -0.771 e. The first kappa shape index (κ1) is 27.2. The van der Waals surface area contributed by atoms with E-state index in [0.29, 0.717) is 11.4 Å². The van der Waals surface area contributed by atoms with E-state index in [-0.39, 0.29) is 80.7 Å². The molecule has 27 heavy (non-hydrogen) atoms. The van der Waals surface area contributed by atoms with E-state index in [4.69, 9.17) is 0 Å². The van der Waals surface area contributed by atoms with Crippen LogP contribution in [0.4, 0.5) is 11.4 Å². The molecule has 0 aliphatic rings. The second-order valence-electron chi connectivity index (χ2n) is 4.80. The summed E-state index contributed by atoms with van der Waals surface area (Å²) in [4.78, 5) is 0.116. The van der Waals surface area contributed by atoms with E-state index in [1.807, 2.05) is 0 Å². The molecule has 0 aliphatic heterocycles. The fourth-order valence-corrected chi connectivity index (χ4v) is 3.75. The molecule has 0 radical (unpaired) electrons. The summed E-state index contributed by atoms with van der Waals surface area (Å²) in [5.74, 6) is -0.538. The summed E-state index contributed by atoms with van der Waals surface area (Å²) in [5.41, 5.74) is 0.960. The van der Waals surface area contributed by atoms with Gasteiger partial charge in [0.1, 0.15) is 0 Å². The molecule has 0 aliphatic carbocycles. The van der Waals surface area contributed by atoms with Crippen molar-refractivity contribution in [2.45, 2.75) is 9.79 Å². The molecular formula is C14H14N2Na2O6S3. The molecule has 0 amide bonds. The molecule has 2 unspecified atom stereocenters. The van der Waals surface area contributed by atoms with Gasteiger partial charge in [0.15, 0.2) is 0 Å². The van der Waals surface area contributed by atoms with Gasteiger partial charge < -0.3 is 19.7 Å². The molecule has 0 saturated heterocycles. The van der Waals surface area contributed by atoms with Crippen LogP contribution in [-0.4, -0.2) is 37.7 Å². The second-order valence-corrected chi connectivity index (χ2v) is 8.54. The monoisotopic (exact) mass is 448 g/mol. The number of anilines is 2. The van der Waals surface area contributed by atoms with Crippen molar-refractivity contribution in [1.82, 2.24) is 0 Å². The predicted molar refractivity (Wildman–Crippen MR) is 93.2 cm³/mol. The Morgan fingerprint density at radius 1 is 0.704 bits per heavy atom. The molecule has 13 heteroatoms. The van der Waals surface area contributed by atoms with Gasteiger partial charge in [-0.05, 0) is 70.7 Å². The van der Waals surface area contributed by atoms with Gasteiger partial charge in [-0.25, -0.2) is 8.42 Å². The average Bonchev–Trinajstić information content (AvgIpc) is 2.59. The van der Waals surface area contributed by atoms with Gasteiger partial charge in [0.2, 0.25) is 9.84 Å². The fraction of sp³-hybridized carbons (Fsp3) is 0.143. The van der Waals surface area contributed by atoms with Crippen molar-refractivity contribution in [2.75, 3.05) is 22.4 Å². The van der Waals surface area contributed by atoms with E-state index in [1.165, 1.54) is 48.5 Å². The Labute approximate surface area is 207 Å². The topological polar surface area (TPSA) is 138 Å². The molecule has 0 heterocycles. The van der Waals surface area contributed by atoms with E-state index < -0.39 is 32.0 Å². The summed E-state index contributed by atoms with van der Waals surface area (Å²) >= 11 is -4.50. The van der Waals surface area contributed by atoms with Crippen molar-refractivity contribution in [2.24, 2.45) is 0 Å². The summed E-state index contributed by atoms with van der Waals surface area (Å²) < 4.78 is 67.1. The Kier molecular flexibility index (Phi) is 12.8. The van der Waals surface area contributed by atoms with E-state index in [9.17, 15) is 25.9 Å². The quantitative estimate of drug-likeness (QED) is 0.303. The summed E-state index contributed by atoms with van der Waals surface area (Å²) in [7, 11) is -3.73. The standard InChI is InChI=1S/C14H16N2O6S3.2Na/c17-23(18)9-15-11-1-5-13(6-2-11)25(21,22)14-7-3-12(4-8-14)16-10-24(19)20;;/h1-8,15-16H,9-10H2,(H,17,18)(H,19,20);;/q;2*+1/p-2. The normalized spacial score (nSPS) is 12.8. The zero-order valence-corrected chi connectivity index (χ0v) is 21.2. The number of sulfone groups is 1. The van der Waals surface area contributed by atoms with Gasteiger partial charge in [0.05, 0.1) is 21.5 Å². The zero-order chi connectivity index (χ0) is 18.4. The molecule has 2 atom stereocenters. The number of hydrogen-bond donors (Lipinski definition) is 2. The molecule has 0 fully saturated rings. The first-order valence-electron chi connectivity index (χ1n) is 6.84. The Bertz CT molecular complexity index is 809. The molecule has 2 N–H and O–H groups in total. The Morgan fingerprint density at radius 2 is 1.00 bits per heavy atom. The van der Waals surface area contributed by atoms with Crippen molar-refractivity contribution < 1.29 is 85.1 Å². The second kappa shape index (κ2) is 12.7. The van der Waals surface area contributed by atoms with Crippen molar-refractivity contribution in [3.8, 4) is 0 Å². The molecule has 0 spiro atoms. The molecule has 2 rings (SSSR count). The van der Waals surface area contributed by atoms with E-state index >= 15 is 0 Å². The molecular weight excluding hydrogens is 434 g/mol. The number of benzene rings is 2. The predicted octanol–water partition coefficient (Wildman–Crippen LogP) is -4.98. The maximum atomic E-state index is 12.6. The number of rotatable bonds is 8. The van der Waals surface area contributed by atoms with Gasteiger partial charge in [-0.3, -0.25) is 8.42 Å². The largest absolute Gasteiger partial charge is 1.00 e. The SMILES string of the molecule is O=S([O-])CNc1ccc(S(=O)(=O)c2ccc(NCS(=O)[O-])cc2)cc1.[Na+].[Na+]. The third-order valence-electron chi connectivity index (χ3n) is 3.12. The van der Waals surface area contributed by atoms with Gasteiger partial charge in [-0.15, -0.1) is 0 Å². The molecule has 0 aromatic heterocycles. The summed E-state index contributed by atoms with van der Waals surface area (Å²) in [6, 6.07) is 11.4. The van der Waals surface area contributed by atoms with Crippen molar-refractivity contribution in [3.63, 3.8) is 0 Å². The van der Waals surface area contributed by atoms with Gasteiger partial charge in [-0.2, -0.15) is 0 Å². The van der Waals surface area contributed by atoms with Crippen molar-refractivity contribution in [1.29, 1.82) is 0 Å². The van der Waals surface area contributed by atoms with Gasteiger partial charge in [0.25, 0.3) is 0 Å². The maximum Gasteiger partial charge on any atom is 1.00 e. The zero-order valence-electron chi connectivity index (χ0n) is 14.7. The Balaban J connectivity index is 0.00000338. The van der Waals surface area contributed by atoms with E-state index in [0.717, 1.165) is 0 Å². The molecule has 0 saturated carbocycles. The summed E-state index contributed by atoms with van der Waals surface area (Å²) in [5, 5.41) is 5.25. The molecule has 8 nitrogen and oxygen atoms in total. The van der Waals surface area contributed by atoms with E-state index in [2.05, 4.69) is 10.6 Å². The van der Waals surface area contributed by atoms with Crippen LogP contribution in [0.15, 0.2) is 58.3 Å². The fourth-order valence-electron chi connectivity index (χ4n) is 1.92. The van der Waals surface area contributed by atoms with Crippen LogP contribution in [0.25, 0.3) is 0 Å². The van der Waals surface area contributed by atoms with Crippen LogP contribution in [-0.2, 0) is 32.0 Å². The van der Waals surface area contributed by atoms with Crippen LogP contribution in [0.5, 0.6) is 0 Å². The first-order valence-corrected chi connectivity index (χ1v) is 10.8. The van der Waals surface area contributed by atoms with Crippen LogP contribution >= 0.6 is 0 Å². The third-order valence-corrected chi connectivity index (χ3v) is 5.66. The van der Waals surface area contributed by atoms with Crippen LogP contribution in [0.2, 0.25) is 0 Å². The third kappa shape index (κ3) is 8.62. The van der Waals surface area contributed by atoms with Crippen LogP contribution in [0.1, 0.15) is 0 Å². The summed E-state index contributed by atoms with van der Waals surface area (Å²) in [6.45, 7) is 0. The molecule has 2 aromatic rings. The molecule has 136 valence electrons. The van der Waals surface area contributed by atoms with Gasteiger partial charge >= 0.3 is 59.1 Å². The first-order chi connectivity index (χ1) is 11.8. The van der Waals surface area contributed by atoms with Crippen LogP contribution in [0.3, 0.4) is 0 Å². The Hall–Kier alpha value is 0.210. The Morgan fingerprint density at radius 3 is 1.26 bits per heavy atom. The molecule has 2 aromatic carbocycles. The minimum atomic E-state index is -3.73. The average molecular weight is 448 g/mol. The number of nitrogens with one attached hydrogen (secondary N) is 2. The van der Waals surface area contributed by atoms with Crippen LogP contribution < -0.4 is 69.7 Å². The van der Waals surface area contributed by atoms with E-state index in [1.54, 1.807) is 0 Å². The van der Waals surface area contributed by atoms with Gasteiger partial charge in [-0.1, -0.05) is 0 Å². The smallest absolute Gasteiger partial charge is 0.771 e. The minimum absolute atomic E-state index is 0. The van der Waals surface area contributed by atoms with Crippen LogP contribution in [0, 0.1) is 0 Å². The van der Waals surface area contributed by atoms with Gasteiger partial charge in [0, 0.05) is 11.4 Å². The maximum absolute atomic E-state index is 12.6.